The highest BCUT2D eigenvalue weighted by molar-refractivity contribution is 7.90. The highest BCUT2D eigenvalue weighted by atomic mass is 35.5. The van der Waals surface area contributed by atoms with Crippen LogP contribution in [0.15, 0.2) is 47.4 Å². The number of nitrogens with zero attached hydrogens (tertiary/aromatic N) is 1. The molecule has 0 spiro atoms. The van der Waals surface area contributed by atoms with Gasteiger partial charge in [-0.3, -0.25) is 9.69 Å². The monoisotopic (exact) mass is 420 g/mol. The molecule has 0 unspecified atom stereocenters. The van der Waals surface area contributed by atoms with E-state index in [9.17, 15) is 13.2 Å². The molecule has 1 amide bonds. The van der Waals surface area contributed by atoms with E-state index in [4.69, 9.17) is 11.6 Å². The van der Waals surface area contributed by atoms with Crippen molar-refractivity contribution in [2.75, 3.05) is 19.3 Å². The molecule has 2 aromatic carbocycles. The van der Waals surface area contributed by atoms with Crippen LogP contribution in [0.1, 0.15) is 40.7 Å². The molecule has 1 heterocycles. The van der Waals surface area contributed by atoms with E-state index in [2.05, 4.69) is 16.3 Å². The molecule has 5 nitrogen and oxygen atoms in total. The van der Waals surface area contributed by atoms with Crippen LogP contribution in [-0.4, -0.2) is 38.6 Å². The standard InChI is InChI=1S/C21H25ClN2O3S/c1-28(26,27)18-9-10-20(22)19(13-18)21(25)23-14-16-7-3-4-8-17(16)15-24-11-5-2-6-12-24/h3-4,7-10,13H,2,5-6,11-12,14-15H2,1H3,(H,23,25). The van der Waals surface area contributed by atoms with Gasteiger partial charge >= 0.3 is 0 Å². The Labute approximate surface area is 171 Å². The Bertz CT molecular complexity index is 954. The molecular formula is C21H25ClN2O3S. The van der Waals surface area contributed by atoms with E-state index in [1.807, 2.05) is 18.2 Å². The Morgan fingerprint density at radius 1 is 1.07 bits per heavy atom. The molecule has 150 valence electrons. The number of hydrogen-bond acceptors (Lipinski definition) is 4. The van der Waals surface area contributed by atoms with Gasteiger partial charge < -0.3 is 5.32 Å². The van der Waals surface area contributed by atoms with Gasteiger partial charge in [-0.25, -0.2) is 8.42 Å². The highest BCUT2D eigenvalue weighted by Gasteiger charge is 2.16. The van der Waals surface area contributed by atoms with E-state index < -0.39 is 9.84 Å². The van der Waals surface area contributed by atoms with E-state index in [0.717, 1.165) is 31.5 Å². The van der Waals surface area contributed by atoms with Crippen LogP contribution in [0.25, 0.3) is 0 Å². The minimum absolute atomic E-state index is 0.0764. The number of nitrogens with one attached hydrogen (secondary N) is 1. The fourth-order valence-corrected chi connectivity index (χ4v) is 4.27. The maximum absolute atomic E-state index is 12.6. The van der Waals surface area contributed by atoms with Crippen LogP contribution in [0.2, 0.25) is 5.02 Å². The summed E-state index contributed by atoms with van der Waals surface area (Å²) in [5.74, 6) is -0.386. The van der Waals surface area contributed by atoms with E-state index in [1.165, 1.54) is 43.0 Å². The second-order valence-corrected chi connectivity index (χ2v) is 9.62. The molecule has 1 aliphatic rings. The fourth-order valence-electron chi connectivity index (χ4n) is 3.42. The third kappa shape index (κ3) is 5.34. The molecule has 0 bridgehead atoms. The van der Waals surface area contributed by atoms with E-state index in [1.54, 1.807) is 0 Å². The number of carbonyl (C=O) groups excluding carboxylic acids is 1. The molecule has 2 aromatic rings. The summed E-state index contributed by atoms with van der Waals surface area (Å²) in [6.07, 6.45) is 4.86. The van der Waals surface area contributed by atoms with Gasteiger partial charge in [-0.2, -0.15) is 0 Å². The third-order valence-electron chi connectivity index (χ3n) is 5.01. The minimum Gasteiger partial charge on any atom is -0.348 e. The molecule has 1 N–H and O–H groups in total. The second-order valence-electron chi connectivity index (χ2n) is 7.20. The maximum atomic E-state index is 12.6. The highest BCUT2D eigenvalue weighted by Crippen LogP contribution is 2.21. The lowest BCUT2D eigenvalue weighted by atomic mass is 10.0. The zero-order valence-electron chi connectivity index (χ0n) is 15.9. The van der Waals surface area contributed by atoms with Crippen LogP contribution >= 0.6 is 11.6 Å². The molecule has 0 aromatic heterocycles. The fraction of sp³-hybridized carbons (Fsp3) is 0.381. The maximum Gasteiger partial charge on any atom is 0.253 e. The third-order valence-corrected chi connectivity index (χ3v) is 6.45. The summed E-state index contributed by atoms with van der Waals surface area (Å²) in [5.41, 5.74) is 2.41. The first kappa shape index (κ1) is 20.8. The van der Waals surface area contributed by atoms with Crippen molar-refractivity contribution < 1.29 is 13.2 Å². The summed E-state index contributed by atoms with van der Waals surface area (Å²) in [4.78, 5) is 15.1. The van der Waals surface area contributed by atoms with Crippen molar-refractivity contribution in [3.63, 3.8) is 0 Å². The van der Waals surface area contributed by atoms with Gasteiger partial charge in [0.15, 0.2) is 9.84 Å². The van der Waals surface area contributed by atoms with Crippen LogP contribution in [0.4, 0.5) is 0 Å². The molecule has 0 aliphatic carbocycles. The molecule has 7 heteroatoms. The number of piperidine rings is 1. The lowest BCUT2D eigenvalue weighted by Crippen LogP contribution is -2.30. The van der Waals surface area contributed by atoms with Crippen molar-refractivity contribution in [1.29, 1.82) is 0 Å². The number of likely N-dealkylation sites (tertiary alicyclic amines) is 1. The van der Waals surface area contributed by atoms with Crippen molar-refractivity contribution in [1.82, 2.24) is 10.2 Å². The molecule has 1 aliphatic heterocycles. The molecule has 0 radical (unpaired) electrons. The first-order valence-corrected chi connectivity index (χ1v) is 11.7. The van der Waals surface area contributed by atoms with Gasteiger partial charge in [0.1, 0.15) is 0 Å². The van der Waals surface area contributed by atoms with Gasteiger partial charge in [0.2, 0.25) is 0 Å². The van der Waals surface area contributed by atoms with E-state index >= 15 is 0 Å². The average molecular weight is 421 g/mol. The Hall–Kier alpha value is -1.89. The zero-order valence-corrected chi connectivity index (χ0v) is 17.5. The number of halogens is 1. The summed E-state index contributed by atoms with van der Waals surface area (Å²) >= 11 is 6.12. The number of rotatable bonds is 6. The van der Waals surface area contributed by atoms with Crippen LogP contribution in [0, 0.1) is 0 Å². The number of benzene rings is 2. The van der Waals surface area contributed by atoms with Crippen molar-refractivity contribution in [2.24, 2.45) is 0 Å². The van der Waals surface area contributed by atoms with Crippen LogP contribution in [0.5, 0.6) is 0 Å². The number of amides is 1. The van der Waals surface area contributed by atoms with E-state index in [0.29, 0.717) is 6.54 Å². The summed E-state index contributed by atoms with van der Waals surface area (Å²) in [5, 5.41) is 3.10. The SMILES string of the molecule is CS(=O)(=O)c1ccc(Cl)c(C(=O)NCc2ccccc2CN2CCCCC2)c1. The molecule has 3 rings (SSSR count). The summed E-state index contributed by atoms with van der Waals surface area (Å²) in [7, 11) is -3.41. The predicted octanol–water partition coefficient (Wildman–Crippen LogP) is 3.66. The Kier molecular flexibility index (Phi) is 6.75. The quantitative estimate of drug-likeness (QED) is 0.774. The molecular weight excluding hydrogens is 396 g/mol. The zero-order chi connectivity index (χ0) is 20.1. The Balaban J connectivity index is 1.71. The Morgan fingerprint density at radius 3 is 2.43 bits per heavy atom. The number of hydrogen-bond donors (Lipinski definition) is 1. The van der Waals surface area contributed by atoms with Gasteiger partial charge in [0.25, 0.3) is 5.91 Å². The molecule has 1 fully saturated rings. The van der Waals surface area contributed by atoms with E-state index in [-0.39, 0.29) is 21.4 Å². The summed E-state index contributed by atoms with van der Waals surface area (Å²) in [6.45, 7) is 3.45. The smallest absolute Gasteiger partial charge is 0.253 e. The minimum atomic E-state index is -3.41. The topological polar surface area (TPSA) is 66.5 Å². The van der Waals surface area contributed by atoms with Gasteiger partial charge in [-0.05, 0) is 55.3 Å². The lowest BCUT2D eigenvalue weighted by molar-refractivity contribution is 0.0950. The van der Waals surface area contributed by atoms with Crippen LogP contribution in [0.3, 0.4) is 0 Å². The summed E-state index contributed by atoms with van der Waals surface area (Å²) in [6, 6.07) is 12.2. The van der Waals surface area contributed by atoms with Gasteiger partial charge in [-0.15, -0.1) is 0 Å². The normalized spacial score (nSPS) is 15.4. The Morgan fingerprint density at radius 2 is 1.75 bits per heavy atom. The molecule has 28 heavy (non-hydrogen) atoms. The first-order valence-electron chi connectivity index (χ1n) is 9.41. The van der Waals surface area contributed by atoms with Gasteiger partial charge in [0.05, 0.1) is 15.5 Å². The van der Waals surface area contributed by atoms with Crippen molar-refractivity contribution in [3.05, 3.63) is 64.2 Å². The van der Waals surface area contributed by atoms with Crippen LogP contribution in [-0.2, 0) is 22.9 Å². The molecule has 1 saturated heterocycles. The molecule has 0 saturated carbocycles. The lowest BCUT2D eigenvalue weighted by Gasteiger charge is -2.27. The van der Waals surface area contributed by atoms with Crippen molar-refractivity contribution in [3.8, 4) is 0 Å². The van der Waals surface area contributed by atoms with Crippen LogP contribution < -0.4 is 5.32 Å². The predicted molar refractivity (Wildman–Crippen MR) is 111 cm³/mol. The van der Waals surface area contributed by atoms with Gasteiger partial charge in [0, 0.05) is 19.3 Å². The second kappa shape index (κ2) is 9.07. The van der Waals surface area contributed by atoms with Gasteiger partial charge in [-0.1, -0.05) is 42.3 Å². The first-order chi connectivity index (χ1) is 13.3. The average Bonchev–Trinajstić information content (AvgIpc) is 2.67. The number of carbonyl (C=O) groups is 1. The van der Waals surface area contributed by atoms with Crippen molar-refractivity contribution in [2.45, 2.75) is 37.2 Å². The number of sulfone groups is 1. The largest absolute Gasteiger partial charge is 0.348 e. The molecule has 0 atom stereocenters. The van der Waals surface area contributed by atoms with Crippen molar-refractivity contribution >= 4 is 27.3 Å². The summed E-state index contributed by atoms with van der Waals surface area (Å²) < 4.78 is 23.5.